The van der Waals surface area contributed by atoms with Gasteiger partial charge in [-0.3, -0.25) is 14.5 Å². The Kier molecular flexibility index (Phi) is 6.82. The maximum absolute atomic E-state index is 14.4. The van der Waals surface area contributed by atoms with Crippen molar-refractivity contribution in [3.63, 3.8) is 0 Å². The summed E-state index contributed by atoms with van der Waals surface area (Å²) < 4.78 is 21.7. The third kappa shape index (κ3) is 5.00. The van der Waals surface area contributed by atoms with E-state index >= 15 is 0 Å². The number of nitrogens with two attached hydrogens (primary N) is 1. The van der Waals surface area contributed by atoms with Crippen LogP contribution in [0.2, 0.25) is 0 Å². The van der Waals surface area contributed by atoms with Crippen LogP contribution in [0.3, 0.4) is 0 Å². The van der Waals surface area contributed by atoms with Crippen molar-refractivity contribution in [1.29, 1.82) is 0 Å². The van der Waals surface area contributed by atoms with Gasteiger partial charge in [-0.05, 0) is 23.8 Å². The normalized spacial score (nSPS) is 11.1. The third-order valence-corrected chi connectivity index (χ3v) is 5.86. The standard InChI is InChI=1S/C27H23FN6O3/c28-21-7-3-1-5-18(21)16-34-23-8-4-2-6-19(23)25(33-34)27-31-15-24(37-12-11-35)22(32-27)13-17-9-10-30-14-20(17)26(29)36/h1-10,14-15,35H,11-13,16H2,(H2,29,36). The van der Waals surface area contributed by atoms with Gasteiger partial charge >= 0.3 is 0 Å². The van der Waals surface area contributed by atoms with Crippen molar-refractivity contribution in [1.82, 2.24) is 24.7 Å². The molecule has 0 saturated heterocycles. The number of carbonyl (C=O) groups is 1. The summed E-state index contributed by atoms with van der Waals surface area (Å²) in [6.45, 7) is 0.0969. The molecule has 0 unspecified atom stereocenters. The van der Waals surface area contributed by atoms with E-state index < -0.39 is 5.91 Å². The van der Waals surface area contributed by atoms with Crippen molar-refractivity contribution in [3.05, 3.63) is 101 Å². The number of pyridine rings is 1. The molecule has 5 aromatic rings. The molecule has 0 fully saturated rings. The minimum atomic E-state index is -0.604. The number of hydrogen-bond acceptors (Lipinski definition) is 7. The third-order valence-electron chi connectivity index (χ3n) is 5.86. The first kappa shape index (κ1) is 24.0. The van der Waals surface area contributed by atoms with Crippen LogP contribution in [0.15, 0.2) is 73.2 Å². The molecular formula is C27H23FN6O3. The summed E-state index contributed by atoms with van der Waals surface area (Å²) in [7, 11) is 0. The maximum atomic E-state index is 14.4. The quantitative estimate of drug-likeness (QED) is 0.319. The van der Waals surface area contributed by atoms with Crippen LogP contribution >= 0.6 is 0 Å². The number of aliphatic hydroxyl groups excluding tert-OH is 1. The second kappa shape index (κ2) is 10.5. The van der Waals surface area contributed by atoms with Crippen LogP contribution in [0.4, 0.5) is 4.39 Å². The maximum Gasteiger partial charge on any atom is 0.250 e. The van der Waals surface area contributed by atoms with Crippen LogP contribution in [-0.4, -0.2) is 49.0 Å². The fraction of sp³-hybridized carbons (Fsp3) is 0.148. The number of carbonyl (C=O) groups excluding carboxylic acids is 1. The average Bonchev–Trinajstić information content (AvgIpc) is 3.28. The molecule has 5 rings (SSSR count). The van der Waals surface area contributed by atoms with Gasteiger partial charge < -0.3 is 15.6 Å². The zero-order valence-corrected chi connectivity index (χ0v) is 19.7. The number of ether oxygens (including phenoxy) is 1. The predicted octanol–water partition coefficient (Wildman–Crippen LogP) is 3.14. The van der Waals surface area contributed by atoms with Gasteiger partial charge in [0.1, 0.15) is 18.1 Å². The van der Waals surface area contributed by atoms with Gasteiger partial charge in [0.05, 0.1) is 36.1 Å². The van der Waals surface area contributed by atoms with Gasteiger partial charge in [-0.2, -0.15) is 5.10 Å². The lowest BCUT2D eigenvalue weighted by atomic mass is 10.0. The van der Waals surface area contributed by atoms with E-state index in [2.05, 4.69) is 9.97 Å². The molecule has 2 aromatic carbocycles. The molecule has 0 atom stereocenters. The highest BCUT2D eigenvalue weighted by Crippen LogP contribution is 2.29. The summed E-state index contributed by atoms with van der Waals surface area (Å²) in [6.07, 6.45) is 4.70. The van der Waals surface area contributed by atoms with Gasteiger partial charge in [0, 0.05) is 29.8 Å². The topological polar surface area (TPSA) is 129 Å². The minimum absolute atomic E-state index is 0.0505. The number of para-hydroxylation sites is 1. The molecule has 186 valence electrons. The molecule has 0 bridgehead atoms. The van der Waals surface area contributed by atoms with E-state index in [1.54, 1.807) is 35.1 Å². The molecule has 0 spiro atoms. The van der Waals surface area contributed by atoms with Crippen LogP contribution in [0.1, 0.15) is 27.2 Å². The number of aromatic nitrogens is 5. The van der Waals surface area contributed by atoms with E-state index in [-0.39, 0.29) is 37.6 Å². The molecule has 3 aromatic heterocycles. The first-order chi connectivity index (χ1) is 18.0. The van der Waals surface area contributed by atoms with Crippen LogP contribution < -0.4 is 10.5 Å². The number of fused-ring (bicyclic) bond motifs is 1. The lowest BCUT2D eigenvalue weighted by Gasteiger charge is -2.12. The fourth-order valence-electron chi connectivity index (χ4n) is 4.10. The molecular weight excluding hydrogens is 475 g/mol. The monoisotopic (exact) mass is 498 g/mol. The Morgan fingerprint density at radius 2 is 1.86 bits per heavy atom. The number of primary amides is 1. The van der Waals surface area contributed by atoms with Gasteiger partial charge in [0.25, 0.3) is 5.91 Å². The number of nitrogens with zero attached hydrogens (tertiary/aromatic N) is 5. The summed E-state index contributed by atoms with van der Waals surface area (Å²) >= 11 is 0. The molecule has 0 radical (unpaired) electrons. The van der Waals surface area contributed by atoms with Crippen LogP contribution in [0.25, 0.3) is 22.4 Å². The van der Waals surface area contributed by atoms with Crippen molar-refractivity contribution < 1.29 is 19.0 Å². The van der Waals surface area contributed by atoms with Gasteiger partial charge in [0.2, 0.25) is 0 Å². The Morgan fingerprint density at radius 1 is 1.05 bits per heavy atom. The number of aliphatic hydroxyl groups is 1. The molecule has 1 amide bonds. The molecule has 0 aliphatic rings. The Morgan fingerprint density at radius 3 is 2.68 bits per heavy atom. The summed E-state index contributed by atoms with van der Waals surface area (Å²) in [5.74, 6) is -0.215. The molecule has 10 heteroatoms. The largest absolute Gasteiger partial charge is 0.488 e. The van der Waals surface area contributed by atoms with Gasteiger partial charge in [-0.15, -0.1) is 0 Å². The molecule has 0 aliphatic carbocycles. The lowest BCUT2D eigenvalue weighted by molar-refractivity contribution is 0.0999. The lowest BCUT2D eigenvalue weighted by Crippen LogP contribution is -2.15. The number of amides is 1. The van der Waals surface area contributed by atoms with Gasteiger partial charge in [-0.1, -0.05) is 36.4 Å². The molecule has 0 saturated carbocycles. The van der Waals surface area contributed by atoms with Crippen molar-refractivity contribution in [3.8, 4) is 17.3 Å². The van der Waals surface area contributed by atoms with Crippen LogP contribution in [-0.2, 0) is 13.0 Å². The molecule has 3 heterocycles. The fourth-order valence-corrected chi connectivity index (χ4v) is 4.10. The second-order valence-electron chi connectivity index (χ2n) is 8.27. The Balaban J connectivity index is 1.59. The first-order valence-electron chi connectivity index (χ1n) is 11.6. The van der Waals surface area contributed by atoms with E-state index in [9.17, 15) is 14.3 Å². The summed E-state index contributed by atoms with van der Waals surface area (Å²) in [5, 5.41) is 14.8. The Hall–Kier alpha value is -4.70. The van der Waals surface area contributed by atoms with Crippen LogP contribution in [0, 0.1) is 5.82 Å². The summed E-state index contributed by atoms with van der Waals surface area (Å²) in [5.41, 5.74) is 8.74. The van der Waals surface area contributed by atoms with Crippen LogP contribution in [0.5, 0.6) is 5.75 Å². The average molecular weight is 499 g/mol. The van der Waals surface area contributed by atoms with Crippen molar-refractivity contribution >= 4 is 16.8 Å². The van der Waals surface area contributed by atoms with E-state index in [1.807, 2.05) is 24.3 Å². The van der Waals surface area contributed by atoms with E-state index in [0.29, 0.717) is 34.1 Å². The highest BCUT2D eigenvalue weighted by Gasteiger charge is 2.19. The van der Waals surface area contributed by atoms with Gasteiger partial charge in [0.15, 0.2) is 11.6 Å². The Bertz CT molecular complexity index is 1590. The smallest absolute Gasteiger partial charge is 0.250 e. The minimum Gasteiger partial charge on any atom is -0.488 e. The number of hydrogen-bond donors (Lipinski definition) is 2. The van der Waals surface area contributed by atoms with E-state index in [4.69, 9.17) is 20.6 Å². The van der Waals surface area contributed by atoms with Crippen molar-refractivity contribution in [2.24, 2.45) is 5.73 Å². The molecule has 9 nitrogen and oxygen atoms in total. The summed E-state index contributed by atoms with van der Waals surface area (Å²) in [6, 6.07) is 15.8. The second-order valence-corrected chi connectivity index (χ2v) is 8.27. The van der Waals surface area contributed by atoms with E-state index in [1.165, 1.54) is 18.5 Å². The predicted molar refractivity (Wildman–Crippen MR) is 134 cm³/mol. The molecule has 37 heavy (non-hydrogen) atoms. The number of benzene rings is 2. The SMILES string of the molecule is NC(=O)c1cnccc1Cc1nc(-c2nn(Cc3ccccc3F)c3ccccc23)ncc1OCCO. The highest BCUT2D eigenvalue weighted by molar-refractivity contribution is 5.94. The zero-order chi connectivity index (χ0) is 25.8. The first-order valence-corrected chi connectivity index (χ1v) is 11.6. The van der Waals surface area contributed by atoms with Gasteiger partial charge in [-0.25, -0.2) is 14.4 Å². The highest BCUT2D eigenvalue weighted by atomic mass is 19.1. The number of halogens is 1. The molecule has 0 aliphatic heterocycles. The summed E-state index contributed by atoms with van der Waals surface area (Å²) in [4.78, 5) is 25.1. The Labute approximate surface area is 211 Å². The number of rotatable bonds is 9. The van der Waals surface area contributed by atoms with Crippen molar-refractivity contribution in [2.45, 2.75) is 13.0 Å². The van der Waals surface area contributed by atoms with E-state index in [0.717, 1.165) is 10.9 Å². The molecule has 3 N–H and O–H groups in total. The zero-order valence-electron chi connectivity index (χ0n) is 19.7. The van der Waals surface area contributed by atoms with Crippen molar-refractivity contribution in [2.75, 3.05) is 13.2 Å².